The molecule has 0 spiro atoms. The van der Waals surface area contributed by atoms with Gasteiger partial charge in [-0.15, -0.1) is 0 Å². The molecule has 1 atom stereocenters. The predicted octanol–water partition coefficient (Wildman–Crippen LogP) is 2.56. The van der Waals surface area contributed by atoms with Gasteiger partial charge in [0.1, 0.15) is 0 Å². The van der Waals surface area contributed by atoms with Crippen LogP contribution in [0.15, 0.2) is 35.1 Å². The monoisotopic (exact) mass is 384 g/mol. The second-order valence-electron chi connectivity index (χ2n) is 7.62. The van der Waals surface area contributed by atoms with Crippen molar-refractivity contribution in [3.63, 3.8) is 0 Å². The van der Waals surface area contributed by atoms with Crippen LogP contribution in [0.4, 0.5) is 0 Å². The Morgan fingerprint density at radius 3 is 2.50 bits per heavy atom. The highest BCUT2D eigenvalue weighted by molar-refractivity contribution is 5.79. The van der Waals surface area contributed by atoms with E-state index in [9.17, 15) is 9.59 Å². The Kier molecular flexibility index (Phi) is 6.39. The van der Waals surface area contributed by atoms with Crippen LogP contribution >= 0.6 is 0 Å². The second-order valence-corrected chi connectivity index (χ2v) is 7.62. The Bertz CT molecular complexity index is 865. The molecule has 1 aliphatic heterocycles. The highest BCUT2D eigenvalue weighted by atomic mass is 16.2. The summed E-state index contributed by atoms with van der Waals surface area (Å²) in [6.07, 6.45) is 1.93. The van der Waals surface area contributed by atoms with Crippen molar-refractivity contribution in [1.29, 1.82) is 0 Å². The average molecular weight is 385 g/mol. The van der Waals surface area contributed by atoms with E-state index >= 15 is 0 Å². The van der Waals surface area contributed by atoms with Gasteiger partial charge >= 0.3 is 0 Å². The van der Waals surface area contributed by atoms with Gasteiger partial charge < -0.3 is 4.90 Å². The van der Waals surface area contributed by atoms with E-state index in [1.165, 1.54) is 0 Å². The number of amides is 1. The van der Waals surface area contributed by atoms with E-state index in [1.54, 1.807) is 4.68 Å². The summed E-state index contributed by atoms with van der Waals surface area (Å²) in [7, 11) is 1.93. The average Bonchev–Trinajstić information content (AvgIpc) is 2.93. The van der Waals surface area contributed by atoms with Gasteiger partial charge in [0, 0.05) is 38.9 Å². The van der Waals surface area contributed by atoms with Gasteiger partial charge in [0.2, 0.25) is 5.91 Å². The largest absolute Gasteiger partial charge is 0.343 e. The van der Waals surface area contributed by atoms with Crippen LogP contribution in [0, 0.1) is 12.8 Å². The highest BCUT2D eigenvalue weighted by Gasteiger charge is 2.29. The lowest BCUT2D eigenvalue weighted by Crippen LogP contribution is -2.44. The topological polar surface area (TPSA) is 50.5 Å². The van der Waals surface area contributed by atoms with E-state index in [4.69, 9.17) is 0 Å². The molecule has 6 heteroatoms. The van der Waals surface area contributed by atoms with E-state index in [0.29, 0.717) is 6.54 Å². The fourth-order valence-electron chi connectivity index (χ4n) is 4.22. The number of carbonyl (C=O) groups excluding carboxylic acids is 1. The van der Waals surface area contributed by atoms with Crippen molar-refractivity contribution in [3.8, 4) is 5.69 Å². The van der Waals surface area contributed by atoms with Gasteiger partial charge in [-0.2, -0.15) is 0 Å². The van der Waals surface area contributed by atoms with E-state index in [-0.39, 0.29) is 17.4 Å². The standard InChI is InChI=1S/C22H32N4O2/c1-5-25(6-2)21(27)18-11-10-14-24(15-18)16-20-17(3)23(4)26(22(20)28)19-12-8-7-9-13-19/h7-9,12-13,18H,5-6,10-11,14-16H2,1-4H3/t18-/m0/s1. The number of aromatic nitrogens is 2. The van der Waals surface area contributed by atoms with Gasteiger partial charge in [-0.25, -0.2) is 4.68 Å². The second kappa shape index (κ2) is 8.78. The van der Waals surface area contributed by atoms with Crippen LogP contribution in [0.1, 0.15) is 37.9 Å². The van der Waals surface area contributed by atoms with E-state index in [1.807, 2.05) is 67.7 Å². The summed E-state index contributed by atoms with van der Waals surface area (Å²) >= 11 is 0. The molecule has 1 amide bonds. The molecule has 6 nitrogen and oxygen atoms in total. The van der Waals surface area contributed by atoms with E-state index < -0.39 is 0 Å². The summed E-state index contributed by atoms with van der Waals surface area (Å²) in [5.74, 6) is 0.287. The predicted molar refractivity (Wildman–Crippen MR) is 112 cm³/mol. The van der Waals surface area contributed by atoms with Gasteiger partial charge in [0.05, 0.1) is 17.2 Å². The van der Waals surface area contributed by atoms with Crippen LogP contribution in [0.5, 0.6) is 0 Å². The minimum absolute atomic E-state index is 0.0309. The number of carbonyl (C=O) groups is 1. The molecule has 0 bridgehead atoms. The third kappa shape index (κ3) is 3.92. The normalized spacial score (nSPS) is 17.6. The maximum Gasteiger partial charge on any atom is 0.276 e. The Morgan fingerprint density at radius 2 is 1.86 bits per heavy atom. The number of likely N-dealkylation sites (tertiary alicyclic amines) is 1. The zero-order valence-corrected chi connectivity index (χ0v) is 17.5. The zero-order chi connectivity index (χ0) is 20.3. The molecule has 2 aromatic rings. The third-order valence-electron chi connectivity index (χ3n) is 5.99. The van der Waals surface area contributed by atoms with Gasteiger partial charge in [-0.05, 0) is 52.3 Å². The summed E-state index contributed by atoms with van der Waals surface area (Å²) in [5.41, 5.74) is 2.70. The maximum atomic E-state index is 13.1. The van der Waals surface area contributed by atoms with Gasteiger partial charge in [0.25, 0.3) is 5.56 Å². The Labute approximate surface area is 167 Å². The molecule has 0 saturated carbocycles. The fourth-order valence-corrected chi connectivity index (χ4v) is 4.22. The van der Waals surface area contributed by atoms with Crippen LogP contribution in [0.3, 0.4) is 0 Å². The molecular weight excluding hydrogens is 352 g/mol. The summed E-state index contributed by atoms with van der Waals surface area (Å²) in [4.78, 5) is 30.1. The first kappa shape index (κ1) is 20.4. The van der Waals surface area contributed by atoms with Crippen LogP contribution in [0.2, 0.25) is 0 Å². The van der Waals surface area contributed by atoms with E-state index in [2.05, 4.69) is 4.90 Å². The summed E-state index contributed by atoms with van der Waals surface area (Å²) in [6.45, 7) is 9.83. The molecule has 3 rings (SSSR count). The first-order valence-corrected chi connectivity index (χ1v) is 10.3. The van der Waals surface area contributed by atoms with Crippen molar-refractivity contribution in [3.05, 3.63) is 51.9 Å². The number of nitrogens with zero attached hydrogens (tertiary/aromatic N) is 4. The number of para-hydroxylation sites is 1. The molecule has 0 radical (unpaired) electrons. The lowest BCUT2D eigenvalue weighted by molar-refractivity contribution is -0.137. The summed E-state index contributed by atoms with van der Waals surface area (Å²) in [5, 5.41) is 0. The van der Waals surface area contributed by atoms with Crippen molar-refractivity contribution in [2.45, 2.75) is 40.2 Å². The number of hydrogen-bond acceptors (Lipinski definition) is 3. The molecule has 0 aliphatic carbocycles. The van der Waals surface area contributed by atoms with Gasteiger partial charge in [-0.3, -0.25) is 19.2 Å². The van der Waals surface area contributed by atoms with Crippen molar-refractivity contribution in [1.82, 2.24) is 19.2 Å². The van der Waals surface area contributed by atoms with Crippen LogP contribution in [-0.4, -0.2) is 51.2 Å². The minimum Gasteiger partial charge on any atom is -0.343 e. The molecule has 0 unspecified atom stereocenters. The van der Waals surface area contributed by atoms with Crippen LogP contribution < -0.4 is 5.56 Å². The summed E-state index contributed by atoms with van der Waals surface area (Å²) in [6, 6.07) is 9.73. The fraction of sp³-hybridized carbons (Fsp3) is 0.545. The Balaban J connectivity index is 1.81. The van der Waals surface area contributed by atoms with Crippen LogP contribution in [0.25, 0.3) is 5.69 Å². The lowest BCUT2D eigenvalue weighted by Gasteiger charge is -2.34. The van der Waals surface area contributed by atoms with Gasteiger partial charge in [-0.1, -0.05) is 18.2 Å². The summed E-state index contributed by atoms with van der Waals surface area (Å²) < 4.78 is 3.66. The van der Waals surface area contributed by atoms with Crippen molar-refractivity contribution in [2.24, 2.45) is 13.0 Å². The molecular formula is C22H32N4O2. The zero-order valence-electron chi connectivity index (χ0n) is 17.5. The maximum absolute atomic E-state index is 13.1. The van der Waals surface area contributed by atoms with Crippen molar-refractivity contribution < 1.29 is 4.79 Å². The SMILES string of the molecule is CCN(CC)C(=O)[C@H]1CCCN(Cc2c(C)n(C)n(-c3ccccc3)c2=O)C1. The molecule has 28 heavy (non-hydrogen) atoms. The smallest absolute Gasteiger partial charge is 0.276 e. The van der Waals surface area contributed by atoms with Crippen LogP contribution in [-0.2, 0) is 18.4 Å². The third-order valence-corrected chi connectivity index (χ3v) is 5.99. The van der Waals surface area contributed by atoms with Crippen molar-refractivity contribution >= 4 is 5.91 Å². The van der Waals surface area contributed by atoms with Gasteiger partial charge in [0.15, 0.2) is 0 Å². The van der Waals surface area contributed by atoms with E-state index in [0.717, 1.165) is 56.0 Å². The molecule has 152 valence electrons. The first-order valence-electron chi connectivity index (χ1n) is 10.3. The highest BCUT2D eigenvalue weighted by Crippen LogP contribution is 2.21. The number of benzene rings is 1. The number of hydrogen-bond donors (Lipinski definition) is 0. The lowest BCUT2D eigenvalue weighted by atomic mass is 9.96. The molecule has 1 fully saturated rings. The molecule has 1 saturated heterocycles. The molecule has 1 aromatic heterocycles. The number of piperidine rings is 1. The molecule has 1 aliphatic rings. The minimum atomic E-state index is 0.0309. The molecule has 1 aromatic carbocycles. The molecule has 0 N–H and O–H groups in total. The quantitative estimate of drug-likeness (QED) is 0.769. The molecule has 2 heterocycles. The Morgan fingerprint density at radius 1 is 1.18 bits per heavy atom. The van der Waals surface area contributed by atoms with Crippen molar-refractivity contribution in [2.75, 3.05) is 26.2 Å². The Hall–Kier alpha value is -2.34. The number of rotatable bonds is 6. The first-order chi connectivity index (χ1) is 13.5.